The van der Waals surface area contributed by atoms with Gasteiger partial charge in [-0.15, -0.1) is 0 Å². The molecule has 1 N–H and O–H groups in total. The van der Waals surface area contributed by atoms with Crippen LogP contribution in [-0.2, 0) is 8.57 Å². The lowest BCUT2D eigenvalue weighted by Crippen LogP contribution is -2.40. The largest absolute Gasteiger partial charge is 0.464 e. The van der Waals surface area contributed by atoms with Crippen molar-refractivity contribution in [2.75, 3.05) is 0 Å². The second-order valence-corrected chi connectivity index (χ2v) is 5.10. The summed E-state index contributed by atoms with van der Waals surface area (Å²) in [5.41, 5.74) is 0. The Hall–Kier alpha value is -0.0600. The molecule has 0 aliphatic carbocycles. The van der Waals surface area contributed by atoms with Gasteiger partial charge >= 0.3 is 0 Å². The van der Waals surface area contributed by atoms with E-state index in [4.69, 9.17) is 8.57 Å². The van der Waals surface area contributed by atoms with Crippen LogP contribution in [-0.4, -0.2) is 17.0 Å². The van der Waals surface area contributed by atoms with Crippen molar-refractivity contribution in [3.8, 4) is 0 Å². The lowest BCUT2D eigenvalue weighted by Gasteiger charge is -2.38. The van der Waals surface area contributed by atoms with Gasteiger partial charge in [0.1, 0.15) is 28.1 Å². The molecule has 2 unspecified atom stereocenters. The highest BCUT2D eigenvalue weighted by atomic mass is 79.9. The Morgan fingerprint density at radius 3 is 2.76 bits per heavy atom. The summed E-state index contributed by atoms with van der Waals surface area (Å²) in [5.74, 6) is -0.202. The SMILES string of the molecule is C=C1OC(CCCCCCC)(OBr)CCC1O. The molecule has 2 atom stereocenters. The smallest absolute Gasteiger partial charge is 0.222 e. The number of ether oxygens (including phenoxy) is 1. The first-order valence-corrected chi connectivity index (χ1v) is 7.14. The normalized spacial score (nSPS) is 29.1. The van der Waals surface area contributed by atoms with E-state index in [9.17, 15) is 5.11 Å². The molecule has 1 saturated heterocycles. The molecule has 0 saturated carbocycles. The number of hydrogen-bond acceptors (Lipinski definition) is 3. The molecule has 3 nitrogen and oxygen atoms in total. The summed E-state index contributed by atoms with van der Waals surface area (Å²) in [6.07, 6.45) is 7.72. The molecule has 0 aromatic heterocycles. The molecule has 0 bridgehead atoms. The fraction of sp³-hybridized carbons (Fsp3) is 0.846. The molecule has 4 heteroatoms. The van der Waals surface area contributed by atoms with Crippen LogP contribution >= 0.6 is 16.3 Å². The number of hydrogen-bond donors (Lipinski definition) is 1. The van der Waals surface area contributed by atoms with E-state index in [1.807, 2.05) is 0 Å². The maximum atomic E-state index is 9.55. The van der Waals surface area contributed by atoms with Crippen molar-refractivity contribution in [1.29, 1.82) is 0 Å². The van der Waals surface area contributed by atoms with Crippen molar-refractivity contribution in [2.24, 2.45) is 0 Å². The van der Waals surface area contributed by atoms with E-state index in [1.165, 1.54) is 25.7 Å². The first-order valence-electron chi connectivity index (χ1n) is 6.49. The Labute approximate surface area is 113 Å². The lowest BCUT2D eigenvalue weighted by atomic mass is 9.96. The molecule has 1 aliphatic heterocycles. The van der Waals surface area contributed by atoms with Gasteiger partial charge in [-0.1, -0.05) is 39.2 Å². The monoisotopic (exact) mass is 306 g/mol. The maximum Gasteiger partial charge on any atom is 0.222 e. The van der Waals surface area contributed by atoms with Gasteiger partial charge in [-0.25, -0.2) is 0 Å². The lowest BCUT2D eigenvalue weighted by molar-refractivity contribution is -0.186. The molecule has 1 heterocycles. The molecular weight excluding hydrogens is 284 g/mol. The molecule has 0 spiro atoms. The molecule has 0 aromatic rings. The van der Waals surface area contributed by atoms with Crippen LogP contribution in [0, 0.1) is 0 Å². The minimum Gasteiger partial charge on any atom is -0.464 e. The molecular formula is C13H23BrO3. The molecule has 17 heavy (non-hydrogen) atoms. The van der Waals surface area contributed by atoms with E-state index in [0.717, 1.165) is 12.8 Å². The minimum absolute atomic E-state index is 0.421. The van der Waals surface area contributed by atoms with E-state index in [1.54, 1.807) is 0 Å². The molecule has 0 aromatic carbocycles. The quantitative estimate of drug-likeness (QED) is 0.721. The van der Waals surface area contributed by atoms with Gasteiger partial charge in [-0.2, -0.15) is 0 Å². The first kappa shape index (κ1) is 15.0. The molecule has 100 valence electrons. The Balaban J connectivity index is 2.33. The predicted octanol–water partition coefficient (Wildman–Crippen LogP) is 4.05. The van der Waals surface area contributed by atoms with Crippen LogP contribution in [0.4, 0.5) is 0 Å². The van der Waals surface area contributed by atoms with Crippen LogP contribution in [0.15, 0.2) is 12.3 Å². The first-order chi connectivity index (χ1) is 8.13. The van der Waals surface area contributed by atoms with Gasteiger partial charge < -0.3 is 9.84 Å². The zero-order chi connectivity index (χ0) is 12.7. The van der Waals surface area contributed by atoms with E-state index in [0.29, 0.717) is 18.6 Å². The summed E-state index contributed by atoms with van der Waals surface area (Å²) in [4.78, 5) is 0. The van der Waals surface area contributed by atoms with Gasteiger partial charge in [-0.3, -0.25) is 3.83 Å². The van der Waals surface area contributed by atoms with E-state index >= 15 is 0 Å². The molecule has 0 radical (unpaired) electrons. The van der Waals surface area contributed by atoms with Crippen LogP contribution in [0.3, 0.4) is 0 Å². The van der Waals surface area contributed by atoms with Crippen molar-refractivity contribution >= 4 is 16.3 Å². The van der Waals surface area contributed by atoms with Gasteiger partial charge in [0.25, 0.3) is 0 Å². The summed E-state index contributed by atoms with van der Waals surface area (Å²) in [6, 6.07) is 0. The van der Waals surface area contributed by atoms with Crippen LogP contribution in [0.2, 0.25) is 0 Å². The van der Waals surface area contributed by atoms with Crippen LogP contribution in [0.25, 0.3) is 0 Å². The number of halogens is 1. The average Bonchev–Trinajstić information content (AvgIpc) is 2.34. The summed E-state index contributed by atoms with van der Waals surface area (Å²) in [5, 5.41) is 9.55. The average molecular weight is 307 g/mol. The highest BCUT2D eigenvalue weighted by molar-refractivity contribution is 9.06. The highest BCUT2D eigenvalue weighted by Gasteiger charge is 2.39. The number of aliphatic hydroxyl groups excluding tert-OH is 1. The van der Waals surface area contributed by atoms with Gasteiger partial charge in [0, 0.05) is 12.8 Å². The van der Waals surface area contributed by atoms with Crippen LogP contribution in [0.1, 0.15) is 58.3 Å². The van der Waals surface area contributed by atoms with Crippen molar-refractivity contribution in [3.63, 3.8) is 0 Å². The predicted molar refractivity (Wildman–Crippen MR) is 71.6 cm³/mol. The van der Waals surface area contributed by atoms with Crippen molar-refractivity contribution in [1.82, 2.24) is 0 Å². The van der Waals surface area contributed by atoms with Gasteiger partial charge in [0.15, 0.2) is 0 Å². The Morgan fingerprint density at radius 2 is 2.18 bits per heavy atom. The van der Waals surface area contributed by atoms with Gasteiger partial charge in [-0.05, 0) is 12.8 Å². The third-order valence-electron chi connectivity index (χ3n) is 3.29. The van der Waals surface area contributed by atoms with Gasteiger partial charge in [0.2, 0.25) is 5.79 Å². The molecule has 1 aliphatic rings. The Morgan fingerprint density at radius 1 is 1.47 bits per heavy atom. The third-order valence-corrected chi connectivity index (χ3v) is 3.88. The summed E-state index contributed by atoms with van der Waals surface area (Å²) >= 11 is 3.05. The number of unbranched alkanes of at least 4 members (excludes halogenated alkanes) is 4. The van der Waals surface area contributed by atoms with Crippen molar-refractivity contribution in [3.05, 3.63) is 12.3 Å². The number of rotatable bonds is 7. The van der Waals surface area contributed by atoms with Crippen molar-refractivity contribution < 1.29 is 13.7 Å². The van der Waals surface area contributed by atoms with Crippen LogP contribution < -0.4 is 0 Å². The van der Waals surface area contributed by atoms with Crippen molar-refractivity contribution in [2.45, 2.75) is 70.2 Å². The van der Waals surface area contributed by atoms with E-state index < -0.39 is 11.9 Å². The van der Waals surface area contributed by atoms with Crippen LogP contribution in [0.5, 0.6) is 0 Å². The molecule has 0 amide bonds. The van der Waals surface area contributed by atoms with E-state index in [2.05, 4.69) is 29.8 Å². The third kappa shape index (κ3) is 4.60. The number of aliphatic hydroxyl groups is 1. The fourth-order valence-corrected chi connectivity index (χ4v) is 2.53. The Bertz CT molecular complexity index is 245. The molecule has 1 fully saturated rings. The fourth-order valence-electron chi connectivity index (χ4n) is 2.14. The zero-order valence-electron chi connectivity index (χ0n) is 10.6. The maximum absolute atomic E-state index is 9.55. The summed E-state index contributed by atoms with van der Waals surface area (Å²) < 4.78 is 11.0. The van der Waals surface area contributed by atoms with E-state index in [-0.39, 0.29) is 0 Å². The summed E-state index contributed by atoms with van der Waals surface area (Å²) in [7, 11) is 0. The second kappa shape index (κ2) is 7.39. The second-order valence-electron chi connectivity index (χ2n) is 4.77. The zero-order valence-corrected chi connectivity index (χ0v) is 12.2. The topological polar surface area (TPSA) is 38.7 Å². The Kier molecular flexibility index (Phi) is 6.52. The highest BCUT2D eigenvalue weighted by Crippen LogP contribution is 2.37. The molecule has 1 rings (SSSR count). The minimum atomic E-state index is -0.622. The summed E-state index contributed by atoms with van der Waals surface area (Å²) in [6.45, 7) is 5.93. The standard InChI is InChI=1S/C13H23BrO3/c1-3-4-5-6-7-9-13(17-14)10-8-12(15)11(2)16-13/h12,15H,2-10H2,1H3. The van der Waals surface area contributed by atoms with Gasteiger partial charge in [0.05, 0.1) is 0 Å².